The molecule has 7 nitrogen and oxygen atoms in total. The Morgan fingerprint density at radius 1 is 1.07 bits per heavy atom. The summed E-state index contributed by atoms with van der Waals surface area (Å²) in [5, 5.41) is 0.150. The number of hydrogen-bond acceptors (Lipinski definition) is 5. The molecule has 5 rings (SSSR count). The van der Waals surface area contributed by atoms with Crippen LogP contribution in [0.4, 0.5) is 8.78 Å². The van der Waals surface area contributed by atoms with Crippen molar-refractivity contribution >= 4 is 29.4 Å². The largest absolute Gasteiger partial charge is 0.493 e. The first-order valence-electron chi connectivity index (χ1n) is 13.8. The van der Waals surface area contributed by atoms with Gasteiger partial charge < -0.3 is 19.3 Å². The van der Waals surface area contributed by atoms with Crippen LogP contribution >= 0.6 is 11.6 Å². The van der Waals surface area contributed by atoms with Gasteiger partial charge in [-0.05, 0) is 80.2 Å². The van der Waals surface area contributed by atoms with Gasteiger partial charge in [0.2, 0.25) is 5.91 Å². The first-order chi connectivity index (χ1) is 19.2. The number of likely N-dealkylation sites (tertiary alicyclic amines) is 2. The maximum atomic E-state index is 14.8. The molecule has 0 aromatic heterocycles. The predicted molar refractivity (Wildman–Crippen MR) is 144 cm³/mol. The lowest BCUT2D eigenvalue weighted by atomic mass is 9.76. The second kappa shape index (κ2) is 11.7. The first kappa shape index (κ1) is 28.3. The molecule has 2 saturated heterocycles. The number of piperidine rings is 1. The van der Waals surface area contributed by atoms with Crippen molar-refractivity contribution < 1.29 is 32.6 Å². The molecule has 1 unspecified atom stereocenters. The van der Waals surface area contributed by atoms with Crippen molar-refractivity contribution in [2.24, 2.45) is 11.3 Å². The minimum atomic E-state index is -0.755. The standard InChI is InChI=1S/C30H33ClF2N2O5/c1-2-39-29(38)26-16-30(18-35(26)27(36)13-20-5-6-21(32)14-24(20)31)9-11-34(12-10-30)28(37)23-8-7-22(15-25(23)33)40-17-19-3-4-19/h5-8,14-15,19,26H,2-4,9-13,16-18H2,1H3. The summed E-state index contributed by atoms with van der Waals surface area (Å²) >= 11 is 6.14. The molecule has 2 amide bonds. The van der Waals surface area contributed by atoms with Crippen LogP contribution in [0.25, 0.3) is 0 Å². The van der Waals surface area contributed by atoms with Crippen molar-refractivity contribution in [2.75, 3.05) is 32.8 Å². The molecule has 0 bridgehead atoms. The normalized spacial score (nSPS) is 20.1. The highest BCUT2D eigenvalue weighted by atomic mass is 35.5. The summed E-state index contributed by atoms with van der Waals surface area (Å²) in [6.45, 7) is 3.54. The van der Waals surface area contributed by atoms with Crippen molar-refractivity contribution in [1.29, 1.82) is 0 Å². The molecule has 2 aromatic rings. The predicted octanol–water partition coefficient (Wildman–Crippen LogP) is 5.04. The van der Waals surface area contributed by atoms with Gasteiger partial charge in [0.05, 0.1) is 25.2 Å². The van der Waals surface area contributed by atoms with Gasteiger partial charge in [0.15, 0.2) is 0 Å². The van der Waals surface area contributed by atoms with Gasteiger partial charge in [-0.2, -0.15) is 0 Å². The fourth-order valence-electron chi connectivity index (χ4n) is 5.67. The molecule has 1 spiro atoms. The Labute approximate surface area is 237 Å². The third-order valence-corrected chi connectivity index (χ3v) is 8.56. The maximum absolute atomic E-state index is 14.8. The molecular formula is C30H33ClF2N2O5. The average molecular weight is 575 g/mol. The SMILES string of the molecule is CCOC(=O)C1CC2(CCN(C(=O)c3ccc(OCC4CC4)cc3F)CC2)CN1C(=O)Cc1ccc(F)cc1Cl. The van der Waals surface area contributed by atoms with E-state index in [0.717, 1.165) is 18.9 Å². The zero-order valence-corrected chi connectivity index (χ0v) is 23.2. The molecule has 1 aliphatic carbocycles. The van der Waals surface area contributed by atoms with Crippen LogP contribution in [0.1, 0.15) is 54.9 Å². The van der Waals surface area contributed by atoms with E-state index in [-0.39, 0.29) is 40.8 Å². The highest BCUT2D eigenvalue weighted by Gasteiger charge is 2.50. The Kier molecular flexibility index (Phi) is 8.31. The molecule has 3 aliphatic rings. The Morgan fingerprint density at radius 3 is 2.48 bits per heavy atom. The molecule has 214 valence electrons. The number of rotatable bonds is 8. The lowest BCUT2D eigenvalue weighted by molar-refractivity contribution is -0.152. The maximum Gasteiger partial charge on any atom is 0.328 e. The van der Waals surface area contributed by atoms with Gasteiger partial charge in [0, 0.05) is 30.7 Å². The third kappa shape index (κ3) is 6.24. The van der Waals surface area contributed by atoms with E-state index in [4.69, 9.17) is 21.1 Å². The van der Waals surface area contributed by atoms with Crippen LogP contribution in [0.5, 0.6) is 5.75 Å². The molecular weight excluding hydrogens is 542 g/mol. The van der Waals surface area contributed by atoms with E-state index in [1.165, 1.54) is 29.2 Å². The molecule has 0 radical (unpaired) electrons. The molecule has 0 N–H and O–H groups in total. The average Bonchev–Trinajstić information content (AvgIpc) is 3.69. The summed E-state index contributed by atoms with van der Waals surface area (Å²) < 4.78 is 39.2. The zero-order chi connectivity index (χ0) is 28.4. The van der Waals surface area contributed by atoms with E-state index >= 15 is 0 Å². The number of esters is 1. The Bertz CT molecular complexity index is 1290. The fraction of sp³-hybridized carbons (Fsp3) is 0.500. The smallest absolute Gasteiger partial charge is 0.328 e. The van der Waals surface area contributed by atoms with Gasteiger partial charge in [-0.3, -0.25) is 9.59 Å². The lowest BCUT2D eigenvalue weighted by Gasteiger charge is -2.39. The number of carbonyl (C=O) groups is 3. The summed E-state index contributed by atoms with van der Waals surface area (Å²) in [6.07, 6.45) is 3.71. The quantitative estimate of drug-likeness (QED) is 0.413. The number of carbonyl (C=O) groups excluding carboxylic acids is 3. The van der Waals surface area contributed by atoms with Crippen molar-refractivity contribution in [3.63, 3.8) is 0 Å². The van der Waals surface area contributed by atoms with Gasteiger partial charge in [0.1, 0.15) is 23.4 Å². The zero-order valence-electron chi connectivity index (χ0n) is 22.5. The van der Waals surface area contributed by atoms with Crippen molar-refractivity contribution in [3.05, 3.63) is 64.2 Å². The second-order valence-corrected chi connectivity index (χ2v) is 11.5. The van der Waals surface area contributed by atoms with E-state index in [1.807, 2.05) is 0 Å². The molecule has 3 fully saturated rings. The Balaban J connectivity index is 1.24. The van der Waals surface area contributed by atoms with E-state index in [1.54, 1.807) is 17.9 Å². The summed E-state index contributed by atoms with van der Waals surface area (Å²) in [7, 11) is 0. The van der Waals surface area contributed by atoms with E-state index in [9.17, 15) is 23.2 Å². The van der Waals surface area contributed by atoms with Crippen molar-refractivity contribution in [1.82, 2.24) is 9.80 Å². The number of halogens is 3. The van der Waals surface area contributed by atoms with Crippen LogP contribution in [-0.4, -0.2) is 66.5 Å². The van der Waals surface area contributed by atoms with Crippen LogP contribution in [0, 0.1) is 23.0 Å². The first-order valence-corrected chi connectivity index (χ1v) is 14.2. The van der Waals surface area contributed by atoms with Crippen LogP contribution in [-0.2, 0) is 20.7 Å². The summed E-state index contributed by atoms with van der Waals surface area (Å²) in [5.41, 5.74) is 0.0942. The monoisotopic (exact) mass is 574 g/mol. The summed E-state index contributed by atoms with van der Waals surface area (Å²) in [6, 6.07) is 7.47. The van der Waals surface area contributed by atoms with Crippen LogP contribution in [0.3, 0.4) is 0 Å². The second-order valence-electron chi connectivity index (χ2n) is 11.1. The number of hydrogen-bond donors (Lipinski definition) is 0. The number of ether oxygens (including phenoxy) is 2. The van der Waals surface area contributed by atoms with Crippen LogP contribution in [0.15, 0.2) is 36.4 Å². The van der Waals surface area contributed by atoms with E-state index in [2.05, 4.69) is 0 Å². The van der Waals surface area contributed by atoms with Gasteiger partial charge in [-0.15, -0.1) is 0 Å². The van der Waals surface area contributed by atoms with E-state index in [0.29, 0.717) is 62.7 Å². The Hall–Kier alpha value is -3.20. The Morgan fingerprint density at radius 2 is 1.82 bits per heavy atom. The number of amides is 2. The molecule has 2 heterocycles. The summed E-state index contributed by atoms with van der Waals surface area (Å²) in [5.74, 6) is -1.31. The fourth-order valence-corrected chi connectivity index (χ4v) is 5.91. The molecule has 1 saturated carbocycles. The molecule has 10 heteroatoms. The van der Waals surface area contributed by atoms with Crippen molar-refractivity contribution in [3.8, 4) is 5.75 Å². The van der Waals surface area contributed by atoms with Gasteiger partial charge >= 0.3 is 5.97 Å². The van der Waals surface area contributed by atoms with E-state index < -0.39 is 23.6 Å². The van der Waals surface area contributed by atoms with Crippen LogP contribution in [0.2, 0.25) is 5.02 Å². The highest BCUT2D eigenvalue weighted by Crippen LogP contribution is 2.44. The van der Waals surface area contributed by atoms with Crippen molar-refractivity contribution in [2.45, 2.75) is 51.5 Å². The molecule has 40 heavy (non-hydrogen) atoms. The topological polar surface area (TPSA) is 76.2 Å². The lowest BCUT2D eigenvalue weighted by Crippen LogP contribution is -2.45. The highest BCUT2D eigenvalue weighted by molar-refractivity contribution is 6.31. The minimum absolute atomic E-state index is 0.00137. The minimum Gasteiger partial charge on any atom is -0.493 e. The molecule has 2 aromatic carbocycles. The molecule has 2 aliphatic heterocycles. The van der Waals surface area contributed by atoms with Gasteiger partial charge in [-0.1, -0.05) is 17.7 Å². The van der Waals surface area contributed by atoms with Gasteiger partial charge in [-0.25, -0.2) is 13.6 Å². The van der Waals surface area contributed by atoms with Crippen LogP contribution < -0.4 is 4.74 Å². The van der Waals surface area contributed by atoms with Gasteiger partial charge in [0.25, 0.3) is 5.91 Å². The summed E-state index contributed by atoms with van der Waals surface area (Å²) in [4.78, 5) is 42.5. The number of benzene rings is 2. The number of nitrogens with zero attached hydrogens (tertiary/aromatic N) is 2. The molecule has 1 atom stereocenters. The third-order valence-electron chi connectivity index (χ3n) is 8.21.